The molecule has 0 aliphatic carbocycles. The fourth-order valence-electron chi connectivity index (χ4n) is 6.17. The average Bonchev–Trinajstić information content (AvgIpc) is 3.30. The largest absolute Gasteiger partial charge is 0.479 e. The van der Waals surface area contributed by atoms with E-state index in [1.54, 1.807) is 30.5 Å². The summed E-state index contributed by atoms with van der Waals surface area (Å²) in [6.07, 6.45) is 8.40. The molecule has 5 heterocycles. The van der Waals surface area contributed by atoms with E-state index in [0.29, 0.717) is 34.7 Å². The van der Waals surface area contributed by atoms with E-state index in [4.69, 9.17) is 37.7 Å². The smallest absolute Gasteiger partial charge is 0.335 e. The number of rotatable bonds is 7. The van der Waals surface area contributed by atoms with Crippen molar-refractivity contribution in [2.45, 2.75) is 50.5 Å². The van der Waals surface area contributed by atoms with E-state index >= 15 is 0 Å². The zero-order valence-corrected chi connectivity index (χ0v) is 24.4. The lowest BCUT2D eigenvalue weighted by molar-refractivity contribution is -0.0592. The molecule has 0 spiro atoms. The van der Waals surface area contributed by atoms with Gasteiger partial charge in [0.1, 0.15) is 17.3 Å². The molecule has 42 heavy (non-hydrogen) atoms. The maximum Gasteiger partial charge on any atom is 0.335 e. The molecule has 8 nitrogen and oxygen atoms in total. The minimum absolute atomic E-state index is 0.139. The van der Waals surface area contributed by atoms with Crippen LogP contribution in [0.25, 0.3) is 17.1 Å². The lowest BCUT2D eigenvalue weighted by Crippen LogP contribution is -2.35. The number of likely N-dealkylation sites (tertiary alicyclic amines) is 1. The first kappa shape index (κ1) is 27.4. The molecular weight excluding hydrogens is 575 g/mol. The molecule has 4 aromatic rings. The predicted octanol–water partition coefficient (Wildman–Crippen LogP) is 6.75. The highest BCUT2D eigenvalue weighted by Crippen LogP contribution is 2.42. The maximum absolute atomic E-state index is 11.6. The summed E-state index contributed by atoms with van der Waals surface area (Å²) in [7, 11) is 0. The highest BCUT2D eigenvalue weighted by atomic mass is 35.5. The number of aromatic nitrogens is 3. The normalized spacial score (nSPS) is 20.7. The van der Waals surface area contributed by atoms with Gasteiger partial charge in [0, 0.05) is 18.4 Å². The number of para-hydroxylation sites is 1. The van der Waals surface area contributed by atoms with Crippen molar-refractivity contribution in [3.8, 4) is 5.75 Å². The third kappa shape index (κ3) is 5.28. The zero-order chi connectivity index (χ0) is 28.8. The molecule has 2 saturated heterocycles. The minimum atomic E-state index is -0.936. The van der Waals surface area contributed by atoms with Crippen molar-refractivity contribution in [2.75, 3.05) is 19.7 Å². The molecule has 7 rings (SSSR count). The highest BCUT2D eigenvalue weighted by Gasteiger charge is 2.29. The summed E-state index contributed by atoms with van der Waals surface area (Å²) in [6, 6.07) is 13.2. The van der Waals surface area contributed by atoms with Crippen LogP contribution in [0.1, 0.15) is 64.3 Å². The van der Waals surface area contributed by atoms with Gasteiger partial charge in [0.15, 0.2) is 6.10 Å². The number of nitrogens with zero attached hydrogens (tertiary/aromatic N) is 4. The van der Waals surface area contributed by atoms with E-state index in [1.807, 2.05) is 6.08 Å². The molecule has 2 aromatic carbocycles. The van der Waals surface area contributed by atoms with Crippen molar-refractivity contribution in [1.82, 2.24) is 19.4 Å². The van der Waals surface area contributed by atoms with E-state index in [-0.39, 0.29) is 17.8 Å². The van der Waals surface area contributed by atoms with Crippen molar-refractivity contribution in [1.29, 1.82) is 0 Å². The Balaban J connectivity index is 1.08. The van der Waals surface area contributed by atoms with E-state index in [9.17, 15) is 9.90 Å². The van der Waals surface area contributed by atoms with E-state index in [1.165, 1.54) is 5.56 Å². The van der Waals surface area contributed by atoms with Gasteiger partial charge < -0.3 is 19.1 Å². The van der Waals surface area contributed by atoms with E-state index < -0.39 is 5.97 Å². The van der Waals surface area contributed by atoms with Crippen LogP contribution in [0.3, 0.4) is 0 Å². The van der Waals surface area contributed by atoms with Crippen molar-refractivity contribution < 1.29 is 19.4 Å². The fraction of sp³-hybridized carbons (Fsp3) is 0.344. The van der Waals surface area contributed by atoms with Crippen molar-refractivity contribution in [3.05, 3.63) is 93.0 Å². The maximum atomic E-state index is 11.6. The van der Waals surface area contributed by atoms with Gasteiger partial charge in [-0.1, -0.05) is 47.5 Å². The van der Waals surface area contributed by atoms with Gasteiger partial charge in [-0.2, -0.15) is 0 Å². The topological polar surface area (TPSA) is 89.7 Å². The summed E-state index contributed by atoms with van der Waals surface area (Å²) < 4.78 is 14.4. The van der Waals surface area contributed by atoms with Gasteiger partial charge in [-0.15, -0.1) is 0 Å². The number of carboxylic acid groups (broad SMARTS) is 1. The Morgan fingerprint density at radius 1 is 1.10 bits per heavy atom. The lowest BCUT2D eigenvalue weighted by atomic mass is 9.87. The number of carboxylic acids is 1. The Morgan fingerprint density at radius 2 is 1.93 bits per heavy atom. The molecule has 2 atom stereocenters. The van der Waals surface area contributed by atoms with Crippen molar-refractivity contribution >= 4 is 46.3 Å². The molecule has 2 unspecified atom stereocenters. The van der Waals surface area contributed by atoms with Gasteiger partial charge in [0.25, 0.3) is 0 Å². The molecular formula is C32H30Cl2N4O4. The van der Waals surface area contributed by atoms with Gasteiger partial charge in [-0.25, -0.2) is 9.78 Å². The molecule has 0 amide bonds. The Morgan fingerprint density at radius 3 is 2.67 bits per heavy atom. The second-order valence-corrected chi connectivity index (χ2v) is 12.0. The number of halogens is 2. The van der Waals surface area contributed by atoms with Crippen LogP contribution >= 0.6 is 23.2 Å². The summed E-state index contributed by atoms with van der Waals surface area (Å²) in [4.78, 5) is 23.4. The Bertz CT molecular complexity index is 1690. The van der Waals surface area contributed by atoms with Crippen molar-refractivity contribution in [3.63, 3.8) is 0 Å². The molecule has 0 radical (unpaired) electrons. The number of pyridine rings is 1. The summed E-state index contributed by atoms with van der Waals surface area (Å²) in [5.41, 5.74) is 4.85. The average molecular weight is 606 g/mol. The Hall–Kier alpha value is -3.43. The molecule has 1 N–H and O–H groups in total. The Labute approximate surface area is 253 Å². The molecule has 0 saturated carbocycles. The third-order valence-corrected chi connectivity index (χ3v) is 9.03. The molecule has 3 aliphatic heterocycles. The second-order valence-electron chi connectivity index (χ2n) is 11.2. The molecule has 10 heteroatoms. The number of carbonyl (C=O) groups is 1. The van der Waals surface area contributed by atoms with Crippen LogP contribution in [0.2, 0.25) is 10.0 Å². The van der Waals surface area contributed by atoms with Gasteiger partial charge in [0.05, 0.1) is 45.8 Å². The van der Waals surface area contributed by atoms with Crippen LogP contribution in [0.5, 0.6) is 5.75 Å². The number of ether oxygens (including phenoxy) is 2. The molecule has 2 aromatic heterocycles. The van der Waals surface area contributed by atoms with Crippen LogP contribution in [0.4, 0.5) is 0 Å². The van der Waals surface area contributed by atoms with Crippen LogP contribution in [0.15, 0.2) is 54.7 Å². The van der Waals surface area contributed by atoms with Gasteiger partial charge in [0.2, 0.25) is 0 Å². The van der Waals surface area contributed by atoms with E-state index in [2.05, 4.69) is 38.7 Å². The molecule has 3 aliphatic rings. The minimum Gasteiger partial charge on any atom is -0.479 e. The van der Waals surface area contributed by atoms with Crippen LogP contribution in [-0.2, 0) is 17.8 Å². The lowest BCUT2D eigenvalue weighted by Gasteiger charge is -2.34. The number of benzene rings is 2. The quantitative estimate of drug-likeness (QED) is 0.249. The number of imidazole rings is 1. The van der Waals surface area contributed by atoms with Crippen molar-refractivity contribution in [2.24, 2.45) is 0 Å². The number of fused-ring (bicyclic) bond motifs is 2. The second kappa shape index (κ2) is 11.3. The molecule has 2 fully saturated rings. The van der Waals surface area contributed by atoms with Crippen LogP contribution in [0, 0.1) is 0 Å². The van der Waals surface area contributed by atoms with Gasteiger partial charge in [-0.05, 0) is 74.2 Å². The number of hydrogen-bond donors (Lipinski definition) is 1. The zero-order valence-electron chi connectivity index (χ0n) is 22.9. The summed E-state index contributed by atoms with van der Waals surface area (Å²) in [5.74, 6) is 1.27. The summed E-state index contributed by atoms with van der Waals surface area (Å²) in [6.45, 7) is 3.99. The van der Waals surface area contributed by atoms with Crippen LogP contribution < -0.4 is 4.74 Å². The van der Waals surface area contributed by atoms with Gasteiger partial charge >= 0.3 is 5.97 Å². The number of aromatic carboxylic acids is 1. The highest BCUT2D eigenvalue weighted by molar-refractivity contribution is 6.34. The van der Waals surface area contributed by atoms with E-state index in [0.717, 1.165) is 67.1 Å². The standard InChI is InChI=1S/C32H30Cl2N4O4/c33-22-15-25(34)30(35-16-22)28-7-5-20-2-1-3-24(31(20)42-28)19-8-11-37(12-9-19)18-29-36-26-6-4-21(32(39)40)14-27(26)38(29)17-23-10-13-41-23/h1-7,14-16,19,23,28H,8-13,17-18H2,(H,39,40). The summed E-state index contributed by atoms with van der Waals surface area (Å²) in [5, 5.41) is 10.5. The van der Waals surface area contributed by atoms with Gasteiger partial charge in [-0.3, -0.25) is 9.88 Å². The first-order valence-corrected chi connectivity index (χ1v) is 15.0. The first-order valence-electron chi connectivity index (χ1n) is 14.3. The molecule has 216 valence electrons. The predicted molar refractivity (Wildman–Crippen MR) is 161 cm³/mol. The number of hydrogen-bond acceptors (Lipinski definition) is 6. The van der Waals surface area contributed by atoms with Crippen LogP contribution in [-0.4, -0.2) is 56.3 Å². The Kier molecular flexibility index (Phi) is 7.40. The monoisotopic (exact) mass is 604 g/mol. The fourth-order valence-corrected chi connectivity index (χ4v) is 6.65. The first-order chi connectivity index (χ1) is 20.4. The number of piperidine rings is 1. The SMILES string of the molecule is O=C(O)c1ccc2nc(CN3CCC(c4cccc5c4OC(c4ncc(Cl)cc4Cl)C=C5)CC3)n(CC3CCO3)c2c1. The third-order valence-electron chi connectivity index (χ3n) is 8.52. The molecule has 0 bridgehead atoms. The summed E-state index contributed by atoms with van der Waals surface area (Å²) >= 11 is 12.5.